The van der Waals surface area contributed by atoms with Crippen LogP contribution in [0.3, 0.4) is 0 Å². The van der Waals surface area contributed by atoms with Gasteiger partial charge in [-0.25, -0.2) is 9.59 Å². The number of benzene rings is 1. The van der Waals surface area contributed by atoms with Gasteiger partial charge in [-0.3, -0.25) is 9.69 Å². The molecule has 2 atom stereocenters. The van der Waals surface area contributed by atoms with Crippen molar-refractivity contribution in [1.29, 1.82) is 0 Å². The van der Waals surface area contributed by atoms with E-state index in [-0.39, 0.29) is 13.0 Å². The lowest BCUT2D eigenvalue weighted by molar-refractivity contribution is -0.145. The number of nitrogens with one attached hydrogen (secondary N) is 1. The summed E-state index contributed by atoms with van der Waals surface area (Å²) in [5.74, 6) is 2.22. The lowest BCUT2D eigenvalue weighted by atomic mass is 10.0. The van der Waals surface area contributed by atoms with Crippen LogP contribution in [0.2, 0.25) is 0 Å². The molecule has 0 spiro atoms. The third kappa shape index (κ3) is 8.56. The second-order valence-corrected chi connectivity index (χ2v) is 8.27. The number of rotatable bonds is 10. The van der Waals surface area contributed by atoms with Gasteiger partial charge in [0.05, 0.1) is 14.2 Å². The number of carbonyl (C=O) groups is 3. The Hall–Kier alpha value is -3.41. The molecule has 0 unspecified atom stereocenters. The van der Waals surface area contributed by atoms with Crippen LogP contribution in [0.5, 0.6) is 11.5 Å². The third-order valence-electron chi connectivity index (χ3n) is 4.65. The van der Waals surface area contributed by atoms with Gasteiger partial charge in [0, 0.05) is 19.5 Å². The van der Waals surface area contributed by atoms with Crippen LogP contribution in [0.25, 0.3) is 0 Å². The highest BCUT2D eigenvalue weighted by molar-refractivity contribution is 5.89. The molecule has 2 amide bonds. The summed E-state index contributed by atoms with van der Waals surface area (Å²) in [6.07, 6.45) is 5.00. The van der Waals surface area contributed by atoms with Gasteiger partial charge in [0.2, 0.25) is 5.91 Å². The molecule has 0 saturated carbocycles. The second kappa shape index (κ2) is 12.6. The zero-order valence-corrected chi connectivity index (χ0v) is 20.4. The number of hydrogen-bond donors (Lipinski definition) is 1. The first-order chi connectivity index (χ1) is 15.5. The summed E-state index contributed by atoms with van der Waals surface area (Å²) in [4.78, 5) is 39.1. The van der Waals surface area contributed by atoms with Gasteiger partial charge in [-0.2, -0.15) is 0 Å². The molecule has 9 nitrogen and oxygen atoms in total. The Balaban J connectivity index is 3.05. The molecular weight excluding hydrogens is 428 g/mol. The predicted octanol–water partition coefficient (Wildman–Crippen LogP) is 2.55. The Bertz CT molecular complexity index is 871. The molecular formula is C24H34N2O7. The van der Waals surface area contributed by atoms with Gasteiger partial charge in [0.25, 0.3) is 0 Å². The fourth-order valence-electron chi connectivity index (χ4n) is 3.03. The van der Waals surface area contributed by atoms with Crippen molar-refractivity contribution in [2.45, 2.75) is 58.2 Å². The second-order valence-electron chi connectivity index (χ2n) is 8.27. The van der Waals surface area contributed by atoms with Crippen LogP contribution in [-0.4, -0.2) is 68.4 Å². The number of methoxy groups -OCH3 is 2. The summed E-state index contributed by atoms with van der Waals surface area (Å²) in [5.41, 5.74) is -0.0591. The maximum atomic E-state index is 13.0. The molecule has 0 aliphatic rings. The largest absolute Gasteiger partial charge is 0.496 e. The van der Waals surface area contributed by atoms with Crippen molar-refractivity contribution in [3.63, 3.8) is 0 Å². The van der Waals surface area contributed by atoms with E-state index in [1.165, 1.54) is 26.2 Å². The first-order valence-corrected chi connectivity index (χ1v) is 10.5. The van der Waals surface area contributed by atoms with Crippen molar-refractivity contribution in [1.82, 2.24) is 10.2 Å². The van der Waals surface area contributed by atoms with E-state index in [2.05, 4.69) is 11.2 Å². The zero-order valence-electron chi connectivity index (χ0n) is 20.4. The van der Waals surface area contributed by atoms with Gasteiger partial charge in [-0.05, 0) is 38.8 Å². The van der Waals surface area contributed by atoms with Crippen molar-refractivity contribution in [2.75, 3.05) is 27.9 Å². The van der Waals surface area contributed by atoms with E-state index in [0.717, 1.165) is 0 Å². The monoisotopic (exact) mass is 462 g/mol. The molecule has 182 valence electrons. The van der Waals surface area contributed by atoms with Gasteiger partial charge in [-0.1, -0.05) is 18.9 Å². The maximum absolute atomic E-state index is 13.0. The van der Waals surface area contributed by atoms with Crippen molar-refractivity contribution in [3.8, 4) is 23.8 Å². The van der Waals surface area contributed by atoms with Crippen LogP contribution < -0.4 is 14.8 Å². The average molecular weight is 463 g/mol. The Morgan fingerprint density at radius 3 is 2.39 bits per heavy atom. The number of hydrogen-bond acceptors (Lipinski definition) is 7. The number of esters is 1. The van der Waals surface area contributed by atoms with Gasteiger partial charge < -0.3 is 24.3 Å². The quantitative estimate of drug-likeness (QED) is 0.421. The lowest BCUT2D eigenvalue weighted by Crippen LogP contribution is -2.53. The van der Waals surface area contributed by atoms with Crippen molar-refractivity contribution in [3.05, 3.63) is 23.8 Å². The number of likely N-dealkylation sites (N-methyl/N-ethyl adjacent to an activating group) is 1. The van der Waals surface area contributed by atoms with E-state index < -0.39 is 35.7 Å². The molecule has 1 N–H and O–H groups in total. The van der Waals surface area contributed by atoms with Crippen LogP contribution in [0, 0.1) is 12.3 Å². The topological polar surface area (TPSA) is 103 Å². The highest BCUT2D eigenvalue weighted by atomic mass is 16.6. The first-order valence-electron chi connectivity index (χ1n) is 10.5. The standard InChI is InChI=1S/C24H34N2O7/c1-9-13-32-17-12-11-16(20(15-17)30-7)14-18(22(28)31-8)25-21(27)19(10-2)26(6)23(29)33-24(3,4)5/h1,11-12,15,18-19H,10,13-14H2,2-8H3,(H,25,27)/t18-,19-/m0/s1. The molecule has 0 radical (unpaired) electrons. The molecule has 9 heteroatoms. The van der Waals surface area contributed by atoms with Crippen LogP contribution in [0.1, 0.15) is 39.7 Å². The Labute approximate surface area is 195 Å². The molecule has 33 heavy (non-hydrogen) atoms. The van der Waals surface area contributed by atoms with Crippen LogP contribution in [0.15, 0.2) is 18.2 Å². The van der Waals surface area contributed by atoms with E-state index in [0.29, 0.717) is 23.5 Å². The minimum atomic E-state index is -1.00. The SMILES string of the molecule is C#CCOc1ccc(C[C@H](NC(=O)[C@H](CC)N(C)C(=O)OC(C)(C)C)C(=O)OC)c(OC)c1. The fourth-order valence-corrected chi connectivity index (χ4v) is 3.03. The fraction of sp³-hybridized carbons (Fsp3) is 0.542. The number of carbonyl (C=O) groups excluding carboxylic acids is 3. The van der Waals surface area contributed by atoms with E-state index in [9.17, 15) is 14.4 Å². The van der Waals surface area contributed by atoms with Gasteiger partial charge in [0.15, 0.2) is 0 Å². The summed E-state index contributed by atoms with van der Waals surface area (Å²) < 4.78 is 21.0. The molecule has 0 saturated heterocycles. The molecule has 0 aliphatic carbocycles. The number of amides is 2. The van der Waals surface area contributed by atoms with E-state index in [1.54, 1.807) is 45.9 Å². The minimum absolute atomic E-state index is 0.101. The number of terminal acetylenes is 1. The Morgan fingerprint density at radius 1 is 1.21 bits per heavy atom. The van der Waals surface area contributed by atoms with Gasteiger partial charge in [0.1, 0.15) is 35.8 Å². The predicted molar refractivity (Wildman–Crippen MR) is 123 cm³/mol. The van der Waals surface area contributed by atoms with Gasteiger partial charge in [-0.15, -0.1) is 6.42 Å². The average Bonchev–Trinajstić information content (AvgIpc) is 2.76. The Morgan fingerprint density at radius 2 is 1.88 bits per heavy atom. The summed E-state index contributed by atoms with van der Waals surface area (Å²) in [7, 11) is 4.20. The molecule has 1 aromatic carbocycles. The molecule has 0 aromatic heterocycles. The Kier molecular flexibility index (Phi) is 10.5. The molecule has 1 rings (SSSR count). The van der Waals surface area contributed by atoms with Crippen molar-refractivity contribution in [2.24, 2.45) is 0 Å². The van der Waals surface area contributed by atoms with Crippen molar-refractivity contribution < 1.29 is 33.3 Å². The summed E-state index contributed by atoms with van der Waals surface area (Å²) in [6.45, 7) is 7.08. The molecule has 0 heterocycles. The van der Waals surface area contributed by atoms with E-state index >= 15 is 0 Å². The summed E-state index contributed by atoms with van der Waals surface area (Å²) in [5, 5.41) is 2.69. The van der Waals surface area contributed by atoms with Crippen LogP contribution in [-0.2, 0) is 25.5 Å². The highest BCUT2D eigenvalue weighted by Gasteiger charge is 2.32. The summed E-state index contributed by atoms with van der Waals surface area (Å²) in [6, 6.07) is 3.21. The van der Waals surface area contributed by atoms with E-state index in [4.69, 9.17) is 25.4 Å². The minimum Gasteiger partial charge on any atom is -0.496 e. The van der Waals surface area contributed by atoms with E-state index in [1.807, 2.05) is 0 Å². The van der Waals surface area contributed by atoms with Crippen LogP contribution >= 0.6 is 0 Å². The first kappa shape index (κ1) is 27.6. The van der Waals surface area contributed by atoms with Crippen LogP contribution in [0.4, 0.5) is 4.79 Å². The normalized spacial score (nSPS) is 12.5. The molecule has 0 bridgehead atoms. The molecule has 0 aliphatic heterocycles. The molecule has 1 aromatic rings. The third-order valence-corrected chi connectivity index (χ3v) is 4.65. The number of nitrogens with zero attached hydrogens (tertiary/aromatic N) is 1. The lowest BCUT2D eigenvalue weighted by Gasteiger charge is -2.30. The zero-order chi connectivity index (χ0) is 25.2. The van der Waals surface area contributed by atoms with Crippen molar-refractivity contribution >= 4 is 18.0 Å². The maximum Gasteiger partial charge on any atom is 0.410 e. The highest BCUT2D eigenvalue weighted by Crippen LogP contribution is 2.26. The molecule has 0 fully saturated rings. The van der Waals surface area contributed by atoms with Gasteiger partial charge >= 0.3 is 12.1 Å². The smallest absolute Gasteiger partial charge is 0.410 e. The number of ether oxygens (including phenoxy) is 4. The summed E-state index contributed by atoms with van der Waals surface area (Å²) >= 11 is 0.